The Morgan fingerprint density at radius 2 is 1.95 bits per heavy atom. The fourth-order valence-electron chi connectivity index (χ4n) is 3.72. The third-order valence-electron chi connectivity index (χ3n) is 5.10. The van der Waals surface area contributed by atoms with Crippen molar-refractivity contribution in [1.82, 2.24) is 4.90 Å². The van der Waals surface area contributed by atoms with E-state index in [2.05, 4.69) is 44.7 Å². The van der Waals surface area contributed by atoms with Gasteiger partial charge in [0.25, 0.3) is 0 Å². The molecule has 118 valence electrons. The van der Waals surface area contributed by atoms with E-state index in [0.717, 1.165) is 18.0 Å². The molecule has 1 heterocycles. The lowest BCUT2D eigenvalue weighted by Gasteiger charge is -2.47. The van der Waals surface area contributed by atoms with Gasteiger partial charge in [-0.25, -0.2) is 0 Å². The Morgan fingerprint density at radius 1 is 1.29 bits per heavy atom. The Labute approximate surface area is 134 Å². The second-order valence-corrected chi connectivity index (χ2v) is 7.20. The van der Waals surface area contributed by atoms with Crippen LogP contribution in [0.2, 0.25) is 5.02 Å². The van der Waals surface area contributed by atoms with Crippen molar-refractivity contribution in [2.24, 2.45) is 17.6 Å². The van der Waals surface area contributed by atoms with Crippen LogP contribution in [0.15, 0.2) is 24.3 Å². The normalized spacial score (nSPS) is 30.1. The molecule has 1 fully saturated rings. The van der Waals surface area contributed by atoms with E-state index in [1.165, 1.54) is 12.0 Å². The van der Waals surface area contributed by atoms with Gasteiger partial charge in [0.1, 0.15) is 0 Å². The van der Waals surface area contributed by atoms with Crippen LogP contribution < -0.4 is 5.73 Å². The maximum absolute atomic E-state index is 6.50. The van der Waals surface area contributed by atoms with Gasteiger partial charge in [-0.2, -0.15) is 0 Å². The summed E-state index contributed by atoms with van der Waals surface area (Å²) in [4.78, 5) is 2.59. The summed E-state index contributed by atoms with van der Waals surface area (Å²) in [6.07, 6.45) is 2.26. The lowest BCUT2D eigenvalue weighted by Crippen LogP contribution is -2.52. The van der Waals surface area contributed by atoms with E-state index in [-0.39, 0.29) is 12.1 Å². The molecule has 21 heavy (non-hydrogen) atoms. The maximum Gasteiger partial charge on any atom is 0.0516 e. The molecular formula is C18H29ClN2. The minimum Gasteiger partial charge on any atom is -0.326 e. The molecular weight excluding hydrogens is 280 g/mol. The smallest absolute Gasteiger partial charge is 0.0516 e. The topological polar surface area (TPSA) is 29.3 Å². The van der Waals surface area contributed by atoms with Gasteiger partial charge in [0.2, 0.25) is 0 Å². The molecule has 1 saturated heterocycles. The highest BCUT2D eigenvalue weighted by Crippen LogP contribution is 2.37. The maximum atomic E-state index is 6.50. The van der Waals surface area contributed by atoms with E-state index in [9.17, 15) is 0 Å². The fraction of sp³-hybridized carbons (Fsp3) is 0.667. The molecule has 0 spiro atoms. The van der Waals surface area contributed by atoms with Crippen LogP contribution in [-0.2, 0) is 0 Å². The first-order chi connectivity index (χ1) is 9.95. The molecule has 0 amide bonds. The zero-order valence-electron chi connectivity index (χ0n) is 13.7. The summed E-state index contributed by atoms with van der Waals surface area (Å²) < 4.78 is 0. The van der Waals surface area contributed by atoms with Crippen LogP contribution in [-0.4, -0.2) is 23.5 Å². The summed E-state index contributed by atoms with van der Waals surface area (Å²) in [6.45, 7) is 10.3. The quantitative estimate of drug-likeness (QED) is 0.888. The first-order valence-electron chi connectivity index (χ1n) is 8.21. The molecule has 2 N–H and O–H groups in total. The van der Waals surface area contributed by atoms with Crippen molar-refractivity contribution in [3.05, 3.63) is 34.9 Å². The molecule has 0 saturated carbocycles. The SMILES string of the molecule is CCC(N)C(c1ccccc1Cl)N1CC(C)CC(C)C1C. The van der Waals surface area contributed by atoms with Crippen molar-refractivity contribution in [3.63, 3.8) is 0 Å². The lowest BCUT2D eigenvalue weighted by molar-refractivity contribution is 0.0288. The molecule has 2 nitrogen and oxygen atoms in total. The predicted octanol–water partition coefficient (Wildman–Crippen LogP) is 4.48. The number of likely N-dealkylation sites (tertiary alicyclic amines) is 1. The summed E-state index contributed by atoms with van der Waals surface area (Å²) in [5.41, 5.74) is 7.68. The number of nitrogens with zero attached hydrogens (tertiary/aromatic N) is 1. The third kappa shape index (κ3) is 3.61. The monoisotopic (exact) mass is 308 g/mol. The molecule has 3 heteroatoms. The second kappa shape index (κ2) is 7.13. The van der Waals surface area contributed by atoms with Crippen LogP contribution in [0.25, 0.3) is 0 Å². The van der Waals surface area contributed by atoms with Gasteiger partial charge in [-0.05, 0) is 43.2 Å². The van der Waals surface area contributed by atoms with E-state index in [1.807, 2.05) is 12.1 Å². The highest BCUT2D eigenvalue weighted by Gasteiger charge is 2.36. The molecule has 1 aliphatic rings. The molecule has 5 atom stereocenters. The van der Waals surface area contributed by atoms with Crippen LogP contribution in [0.4, 0.5) is 0 Å². The lowest BCUT2D eigenvalue weighted by atomic mass is 9.82. The van der Waals surface area contributed by atoms with Crippen molar-refractivity contribution in [1.29, 1.82) is 0 Å². The molecule has 2 rings (SSSR count). The third-order valence-corrected chi connectivity index (χ3v) is 5.45. The van der Waals surface area contributed by atoms with Crippen molar-refractivity contribution >= 4 is 11.6 Å². The Balaban J connectivity index is 2.38. The largest absolute Gasteiger partial charge is 0.326 e. The summed E-state index contributed by atoms with van der Waals surface area (Å²) in [5.74, 6) is 1.41. The molecule has 1 aromatic rings. The average molecular weight is 309 g/mol. The van der Waals surface area contributed by atoms with Crippen LogP contribution in [0.1, 0.15) is 52.1 Å². The van der Waals surface area contributed by atoms with Crippen molar-refractivity contribution in [2.45, 2.75) is 58.7 Å². The summed E-state index contributed by atoms with van der Waals surface area (Å²) >= 11 is 6.48. The van der Waals surface area contributed by atoms with Gasteiger partial charge in [0, 0.05) is 23.7 Å². The zero-order chi connectivity index (χ0) is 15.6. The van der Waals surface area contributed by atoms with Gasteiger partial charge >= 0.3 is 0 Å². The molecule has 1 aromatic carbocycles. The van der Waals surface area contributed by atoms with Gasteiger partial charge in [0.15, 0.2) is 0 Å². The number of nitrogens with two attached hydrogens (primary N) is 1. The van der Waals surface area contributed by atoms with E-state index < -0.39 is 0 Å². The minimum atomic E-state index is 0.116. The zero-order valence-corrected chi connectivity index (χ0v) is 14.5. The van der Waals surface area contributed by atoms with Gasteiger partial charge in [-0.1, -0.05) is 50.6 Å². The van der Waals surface area contributed by atoms with E-state index in [0.29, 0.717) is 17.9 Å². The van der Waals surface area contributed by atoms with E-state index in [1.54, 1.807) is 0 Å². The summed E-state index contributed by atoms with van der Waals surface area (Å²) in [5, 5.41) is 0.837. The van der Waals surface area contributed by atoms with Crippen molar-refractivity contribution < 1.29 is 0 Å². The fourth-order valence-corrected chi connectivity index (χ4v) is 3.97. The molecule has 0 bridgehead atoms. The van der Waals surface area contributed by atoms with Crippen LogP contribution in [0, 0.1) is 11.8 Å². The van der Waals surface area contributed by atoms with Gasteiger partial charge < -0.3 is 5.73 Å². The van der Waals surface area contributed by atoms with Crippen LogP contribution in [0.5, 0.6) is 0 Å². The molecule has 0 radical (unpaired) electrons. The predicted molar refractivity (Wildman–Crippen MR) is 91.6 cm³/mol. The molecule has 5 unspecified atom stereocenters. The highest BCUT2D eigenvalue weighted by molar-refractivity contribution is 6.31. The summed E-state index contributed by atoms with van der Waals surface area (Å²) in [7, 11) is 0. The molecule has 1 aliphatic heterocycles. The van der Waals surface area contributed by atoms with Gasteiger partial charge in [0.05, 0.1) is 6.04 Å². The number of hydrogen-bond donors (Lipinski definition) is 1. The Hall–Kier alpha value is -0.570. The number of hydrogen-bond acceptors (Lipinski definition) is 2. The first-order valence-corrected chi connectivity index (χ1v) is 8.59. The number of rotatable bonds is 4. The number of piperidine rings is 1. The van der Waals surface area contributed by atoms with Crippen LogP contribution in [0.3, 0.4) is 0 Å². The minimum absolute atomic E-state index is 0.116. The molecule has 0 aromatic heterocycles. The number of benzene rings is 1. The Morgan fingerprint density at radius 3 is 2.57 bits per heavy atom. The Bertz CT molecular complexity index is 462. The van der Waals surface area contributed by atoms with E-state index in [4.69, 9.17) is 17.3 Å². The Kier molecular flexibility index (Phi) is 5.70. The van der Waals surface area contributed by atoms with E-state index >= 15 is 0 Å². The highest BCUT2D eigenvalue weighted by atomic mass is 35.5. The van der Waals surface area contributed by atoms with Gasteiger partial charge in [-0.3, -0.25) is 4.90 Å². The average Bonchev–Trinajstić information content (AvgIpc) is 2.45. The number of halogens is 1. The first kappa shape index (κ1) is 16.8. The van der Waals surface area contributed by atoms with Crippen molar-refractivity contribution in [3.8, 4) is 0 Å². The molecule has 0 aliphatic carbocycles. The standard InChI is InChI=1S/C18H29ClN2/c1-5-17(20)18(15-8-6-7-9-16(15)19)21-11-12(2)10-13(3)14(21)4/h6-9,12-14,17-18H,5,10-11,20H2,1-4H3. The summed E-state index contributed by atoms with van der Waals surface area (Å²) in [6, 6.07) is 9.05. The second-order valence-electron chi connectivity index (χ2n) is 6.79. The van der Waals surface area contributed by atoms with Gasteiger partial charge in [-0.15, -0.1) is 0 Å². The van der Waals surface area contributed by atoms with Crippen molar-refractivity contribution in [2.75, 3.05) is 6.54 Å². The van der Waals surface area contributed by atoms with Crippen LogP contribution >= 0.6 is 11.6 Å².